The van der Waals surface area contributed by atoms with Gasteiger partial charge in [0.15, 0.2) is 5.82 Å². The molecule has 3 rings (SSSR count). The fraction of sp³-hybridized carbons (Fsp3) is 0. The van der Waals surface area contributed by atoms with Crippen LogP contribution in [0, 0.1) is 11.6 Å². The summed E-state index contributed by atoms with van der Waals surface area (Å²) >= 11 is 5.81. The summed E-state index contributed by atoms with van der Waals surface area (Å²) in [6.45, 7) is 0. The Labute approximate surface area is 136 Å². The maximum atomic E-state index is 13.7. The summed E-state index contributed by atoms with van der Waals surface area (Å²) in [5.41, 5.74) is 1.12. The Kier molecular flexibility index (Phi) is 4.39. The predicted octanol–water partition coefficient (Wildman–Crippen LogP) is 4.64. The van der Waals surface area contributed by atoms with Crippen LogP contribution in [-0.2, 0) is 0 Å². The van der Waals surface area contributed by atoms with Crippen molar-refractivity contribution in [3.8, 4) is 11.4 Å². The van der Waals surface area contributed by atoms with Crippen molar-refractivity contribution in [3.63, 3.8) is 0 Å². The van der Waals surface area contributed by atoms with Gasteiger partial charge in [0, 0.05) is 5.02 Å². The number of hydrogen-bond donors (Lipinski definition) is 0. The second kappa shape index (κ2) is 6.62. The molecule has 0 aliphatic heterocycles. The average molecular weight is 330 g/mol. The van der Waals surface area contributed by atoms with E-state index in [1.807, 2.05) is 18.2 Å². The zero-order valence-electron chi connectivity index (χ0n) is 11.7. The van der Waals surface area contributed by atoms with E-state index in [2.05, 4.69) is 15.2 Å². The van der Waals surface area contributed by atoms with E-state index in [1.54, 1.807) is 18.2 Å². The Morgan fingerprint density at radius 3 is 2.17 bits per heavy atom. The Balaban J connectivity index is 1.83. The molecule has 0 amide bonds. The Morgan fingerprint density at radius 2 is 1.57 bits per heavy atom. The number of rotatable bonds is 3. The van der Waals surface area contributed by atoms with E-state index in [1.165, 1.54) is 12.3 Å². The summed E-state index contributed by atoms with van der Waals surface area (Å²) in [5.74, 6) is -1.54. The summed E-state index contributed by atoms with van der Waals surface area (Å²) in [6, 6.07) is 10.8. The highest BCUT2D eigenvalue weighted by atomic mass is 35.5. The van der Waals surface area contributed by atoms with Crippen molar-refractivity contribution in [2.45, 2.75) is 0 Å². The maximum absolute atomic E-state index is 13.7. The molecule has 114 valence electrons. The number of nitrogens with zero attached hydrogens (tertiary/aromatic N) is 3. The molecule has 2 aromatic carbocycles. The van der Waals surface area contributed by atoms with Crippen LogP contribution in [0.15, 0.2) is 48.7 Å². The van der Waals surface area contributed by atoms with Crippen molar-refractivity contribution in [1.29, 1.82) is 0 Å². The summed E-state index contributed by atoms with van der Waals surface area (Å²) in [5, 5.41) is 8.35. The third-order valence-corrected chi connectivity index (χ3v) is 3.33. The molecule has 1 heterocycles. The lowest BCUT2D eigenvalue weighted by molar-refractivity contribution is 0.586. The number of benzene rings is 2. The average Bonchev–Trinajstić information content (AvgIpc) is 2.55. The van der Waals surface area contributed by atoms with E-state index in [4.69, 9.17) is 11.6 Å². The Morgan fingerprint density at radius 1 is 0.870 bits per heavy atom. The van der Waals surface area contributed by atoms with Crippen LogP contribution < -0.4 is 0 Å². The molecule has 0 aliphatic rings. The molecule has 1 aromatic heterocycles. The zero-order chi connectivity index (χ0) is 16.2. The molecule has 0 bridgehead atoms. The van der Waals surface area contributed by atoms with Crippen LogP contribution in [-0.4, -0.2) is 15.2 Å². The first-order valence-corrected chi connectivity index (χ1v) is 7.09. The zero-order valence-corrected chi connectivity index (χ0v) is 12.5. The molecule has 0 fully saturated rings. The van der Waals surface area contributed by atoms with Crippen molar-refractivity contribution in [2.24, 2.45) is 0 Å². The SMILES string of the molecule is Fc1cccc(F)c1-c1ncc(C=Cc2ccc(Cl)cc2)nn1. The van der Waals surface area contributed by atoms with Crippen molar-refractivity contribution in [2.75, 3.05) is 0 Å². The van der Waals surface area contributed by atoms with Gasteiger partial charge in [-0.25, -0.2) is 13.8 Å². The third-order valence-electron chi connectivity index (χ3n) is 3.08. The number of hydrogen-bond acceptors (Lipinski definition) is 3. The van der Waals surface area contributed by atoms with E-state index in [0.29, 0.717) is 10.7 Å². The summed E-state index contributed by atoms with van der Waals surface area (Å²) < 4.78 is 27.3. The standard InChI is InChI=1S/C17H10ClF2N3/c18-12-7-4-11(5-8-12)6-9-13-10-21-17(23-22-13)16-14(19)2-1-3-15(16)20/h1-10H. The lowest BCUT2D eigenvalue weighted by Crippen LogP contribution is -1.98. The molecule has 3 aromatic rings. The fourth-order valence-electron chi connectivity index (χ4n) is 1.94. The highest BCUT2D eigenvalue weighted by Crippen LogP contribution is 2.21. The fourth-order valence-corrected chi connectivity index (χ4v) is 2.07. The molecule has 0 unspecified atom stereocenters. The molecule has 0 atom stereocenters. The van der Waals surface area contributed by atoms with Crippen molar-refractivity contribution >= 4 is 23.8 Å². The minimum Gasteiger partial charge on any atom is -0.233 e. The molecular formula is C17H10ClF2N3. The summed E-state index contributed by atoms with van der Waals surface area (Å²) in [4.78, 5) is 3.97. The van der Waals surface area contributed by atoms with Crippen LogP contribution in [0.25, 0.3) is 23.5 Å². The maximum Gasteiger partial charge on any atom is 0.187 e. The van der Waals surface area contributed by atoms with Crippen LogP contribution in [0.5, 0.6) is 0 Å². The molecular weight excluding hydrogens is 320 g/mol. The summed E-state index contributed by atoms with van der Waals surface area (Å²) in [7, 11) is 0. The largest absolute Gasteiger partial charge is 0.233 e. The van der Waals surface area contributed by atoms with Crippen LogP contribution in [0.2, 0.25) is 5.02 Å². The van der Waals surface area contributed by atoms with Gasteiger partial charge in [0.2, 0.25) is 0 Å². The van der Waals surface area contributed by atoms with Gasteiger partial charge >= 0.3 is 0 Å². The van der Waals surface area contributed by atoms with Gasteiger partial charge in [-0.15, -0.1) is 10.2 Å². The number of aromatic nitrogens is 3. The van der Waals surface area contributed by atoms with Gasteiger partial charge in [-0.3, -0.25) is 0 Å². The monoisotopic (exact) mass is 329 g/mol. The molecule has 0 N–H and O–H groups in total. The van der Waals surface area contributed by atoms with Crippen LogP contribution in [0.1, 0.15) is 11.3 Å². The topological polar surface area (TPSA) is 38.7 Å². The molecule has 0 saturated heterocycles. The molecule has 23 heavy (non-hydrogen) atoms. The lowest BCUT2D eigenvalue weighted by Gasteiger charge is -2.02. The minimum absolute atomic E-state index is 0.0933. The summed E-state index contributed by atoms with van der Waals surface area (Å²) in [6.07, 6.45) is 4.91. The molecule has 6 heteroatoms. The minimum atomic E-state index is -0.726. The first kappa shape index (κ1) is 15.2. The van der Waals surface area contributed by atoms with Gasteiger partial charge in [-0.2, -0.15) is 0 Å². The van der Waals surface area contributed by atoms with E-state index in [-0.39, 0.29) is 11.4 Å². The molecule has 0 aliphatic carbocycles. The number of halogens is 3. The molecule has 0 spiro atoms. The Bertz CT molecular complexity index is 826. The van der Waals surface area contributed by atoms with Gasteiger partial charge in [0.05, 0.1) is 11.8 Å². The smallest absolute Gasteiger partial charge is 0.187 e. The second-order valence-corrected chi connectivity index (χ2v) is 5.12. The third kappa shape index (κ3) is 3.57. The van der Waals surface area contributed by atoms with Crippen molar-refractivity contribution in [3.05, 3.63) is 76.6 Å². The van der Waals surface area contributed by atoms with Crippen molar-refractivity contribution < 1.29 is 8.78 Å². The van der Waals surface area contributed by atoms with Crippen LogP contribution in [0.4, 0.5) is 8.78 Å². The van der Waals surface area contributed by atoms with Gasteiger partial charge in [0.1, 0.15) is 17.3 Å². The van der Waals surface area contributed by atoms with Gasteiger partial charge in [-0.05, 0) is 35.9 Å². The van der Waals surface area contributed by atoms with E-state index in [0.717, 1.165) is 17.7 Å². The van der Waals surface area contributed by atoms with E-state index >= 15 is 0 Å². The van der Waals surface area contributed by atoms with Gasteiger partial charge < -0.3 is 0 Å². The van der Waals surface area contributed by atoms with E-state index < -0.39 is 11.6 Å². The Hall–Kier alpha value is -2.66. The van der Waals surface area contributed by atoms with Crippen LogP contribution in [0.3, 0.4) is 0 Å². The van der Waals surface area contributed by atoms with Crippen LogP contribution >= 0.6 is 11.6 Å². The molecule has 0 radical (unpaired) electrons. The van der Waals surface area contributed by atoms with Gasteiger partial charge in [0.25, 0.3) is 0 Å². The van der Waals surface area contributed by atoms with Crippen molar-refractivity contribution in [1.82, 2.24) is 15.2 Å². The normalized spacial score (nSPS) is 11.1. The molecule has 3 nitrogen and oxygen atoms in total. The highest BCUT2D eigenvalue weighted by molar-refractivity contribution is 6.30. The predicted molar refractivity (Wildman–Crippen MR) is 85.6 cm³/mol. The second-order valence-electron chi connectivity index (χ2n) is 4.69. The molecule has 0 saturated carbocycles. The highest BCUT2D eigenvalue weighted by Gasteiger charge is 2.13. The first-order valence-electron chi connectivity index (χ1n) is 6.71. The first-order chi connectivity index (χ1) is 11.1. The lowest BCUT2D eigenvalue weighted by atomic mass is 10.2. The quantitative estimate of drug-likeness (QED) is 0.702. The van der Waals surface area contributed by atoms with Gasteiger partial charge in [-0.1, -0.05) is 35.9 Å². The van der Waals surface area contributed by atoms with E-state index in [9.17, 15) is 8.78 Å².